The van der Waals surface area contributed by atoms with Gasteiger partial charge in [-0.1, -0.05) is 13.0 Å². The van der Waals surface area contributed by atoms with Crippen LogP contribution in [0.5, 0.6) is 17.2 Å². The number of ether oxygens (including phenoxy) is 3. The third kappa shape index (κ3) is 14.5. The third-order valence-corrected chi connectivity index (χ3v) is 17.8. The largest absolute Gasteiger partial charge is 0.492 e. The molecule has 2 saturated heterocycles. The molecule has 2 aliphatic heterocycles. The third-order valence-electron chi connectivity index (χ3n) is 17.8. The van der Waals surface area contributed by atoms with Crippen LogP contribution in [0.1, 0.15) is 101 Å². The van der Waals surface area contributed by atoms with Crippen molar-refractivity contribution < 1.29 is 28.6 Å². The van der Waals surface area contributed by atoms with Crippen LogP contribution in [0, 0.1) is 88.8 Å². The molecule has 5 atom stereocenters. The molecule has 0 aromatic carbocycles. The fourth-order valence-electron chi connectivity index (χ4n) is 13.9. The van der Waals surface area contributed by atoms with Gasteiger partial charge in [-0.2, -0.15) is 31.1 Å². The first-order valence-corrected chi connectivity index (χ1v) is 32.1. The second-order valence-electron chi connectivity index (χ2n) is 24.1. The number of nitrogens with one attached hydrogen (secondary N) is 3. The summed E-state index contributed by atoms with van der Waals surface area (Å²) in [6, 6.07) is 24.6. The predicted octanol–water partition coefficient (Wildman–Crippen LogP) is 8.70. The van der Waals surface area contributed by atoms with Gasteiger partial charge < -0.3 is 40.0 Å². The molecule has 23 nitrogen and oxygen atoms in total. The van der Waals surface area contributed by atoms with Crippen LogP contribution >= 0.6 is 0 Å². The summed E-state index contributed by atoms with van der Waals surface area (Å²) in [5.41, 5.74) is 9.95. The minimum Gasteiger partial charge on any atom is -0.492 e. The molecule has 4 aliphatic rings. The molecule has 4 fully saturated rings. The fraction of sp³-hybridized carbons (Fsp3) is 0.342. The highest BCUT2D eigenvalue weighted by Gasteiger charge is 2.44. The molecule has 5 unspecified atom stereocenters. The number of pyridine rings is 6. The summed E-state index contributed by atoms with van der Waals surface area (Å²) >= 11 is 0. The maximum Gasteiger partial charge on any atom is 0.295 e. The molecule has 2 saturated carbocycles. The molecule has 0 spiro atoms. The van der Waals surface area contributed by atoms with Crippen LogP contribution in [0.4, 0.5) is 11.6 Å². The van der Waals surface area contributed by atoms with Gasteiger partial charge in [0.05, 0.1) is 90.2 Å². The molecule has 13 rings (SSSR count). The number of rotatable bonds is 15. The number of nitriles is 3. The van der Waals surface area contributed by atoms with Gasteiger partial charge in [-0.15, -0.1) is 19.3 Å². The summed E-state index contributed by atoms with van der Waals surface area (Å²) in [6.45, 7) is 12.5. The molecule has 484 valence electrons. The zero-order valence-corrected chi connectivity index (χ0v) is 53.8. The lowest BCUT2D eigenvalue weighted by Crippen LogP contribution is -2.50. The molecule has 2 bridgehead atoms. The van der Waals surface area contributed by atoms with Crippen molar-refractivity contribution in [1.29, 1.82) is 15.8 Å². The molecule has 96 heavy (non-hydrogen) atoms. The molecular weight excluding hydrogens is 1210 g/mol. The number of nitrogens with zero attached hydrogens (tertiary/aromatic N) is 14. The summed E-state index contributed by atoms with van der Waals surface area (Å²) in [5.74, 6) is 10.8. The van der Waals surface area contributed by atoms with Gasteiger partial charge in [0.1, 0.15) is 47.1 Å². The van der Waals surface area contributed by atoms with E-state index in [0.717, 1.165) is 120 Å². The van der Waals surface area contributed by atoms with Crippen LogP contribution in [-0.2, 0) is 14.4 Å². The Balaban J connectivity index is 0.000000146. The SMILES string of the molecule is C#CC(=O)NC1CC(C)CN(c2ccc(-c3cc(OCC)cn4ncc(C#N)c34)cn2)C1.C#CC(=O)NC1CC2CCC(C1)C2c1ccc(-c2cc(OCC)cn3ncc(C#N)c23)cn1.C#CC(=O)NC1CCCN(c2ccc(-c3cc(OCC)cn4ncc(C#N)c34)cn2)C1. The summed E-state index contributed by atoms with van der Waals surface area (Å²) < 4.78 is 22.1. The normalized spacial score (nSPS) is 19.2. The Labute approximate surface area is 556 Å². The molecule has 23 heteroatoms. The zero-order valence-electron chi connectivity index (χ0n) is 53.8. The average Bonchev–Trinajstić information content (AvgIpc) is 1.54. The average molecular weight is 1280 g/mol. The maximum absolute atomic E-state index is 11.6. The number of carbonyl (C=O) groups excluding carboxylic acids is 3. The van der Waals surface area contributed by atoms with Gasteiger partial charge in [0.2, 0.25) is 0 Å². The highest BCUT2D eigenvalue weighted by molar-refractivity contribution is 5.94. The lowest BCUT2D eigenvalue weighted by atomic mass is 9.74. The van der Waals surface area contributed by atoms with E-state index in [0.29, 0.717) is 96.0 Å². The van der Waals surface area contributed by atoms with Gasteiger partial charge in [0.15, 0.2) is 0 Å². The molecule has 9 aromatic heterocycles. The number of carbonyl (C=O) groups is 3. The van der Waals surface area contributed by atoms with Crippen LogP contribution in [-0.4, -0.2) is 126 Å². The Morgan fingerprint density at radius 1 is 0.521 bits per heavy atom. The second kappa shape index (κ2) is 29.8. The van der Waals surface area contributed by atoms with E-state index in [2.05, 4.69) is 106 Å². The lowest BCUT2D eigenvalue weighted by molar-refractivity contribution is -0.117. The number of hydrogen-bond donors (Lipinski definition) is 3. The van der Waals surface area contributed by atoms with Crippen LogP contribution < -0.4 is 40.0 Å². The number of piperidine rings is 2. The first kappa shape index (κ1) is 65.6. The summed E-state index contributed by atoms with van der Waals surface area (Å²) in [4.78, 5) is 53.3. The minimum atomic E-state index is -0.389. The topological polar surface area (TPSA) is 283 Å². The highest BCUT2D eigenvalue weighted by Crippen LogP contribution is 2.52. The quantitative estimate of drug-likeness (QED) is 0.0809. The van der Waals surface area contributed by atoms with Gasteiger partial charge in [0, 0.05) is 108 Å². The van der Waals surface area contributed by atoms with E-state index in [9.17, 15) is 30.2 Å². The lowest BCUT2D eigenvalue weighted by Gasteiger charge is -2.37. The van der Waals surface area contributed by atoms with Gasteiger partial charge in [-0.3, -0.25) is 19.4 Å². The maximum atomic E-state index is 11.6. The number of terminal acetylenes is 3. The van der Waals surface area contributed by atoms with Gasteiger partial charge >= 0.3 is 0 Å². The van der Waals surface area contributed by atoms with Gasteiger partial charge in [-0.05, 0) is 150 Å². The smallest absolute Gasteiger partial charge is 0.295 e. The van der Waals surface area contributed by atoms with Crippen molar-refractivity contribution in [3.8, 4) is 106 Å². The molecule has 9 aromatic rings. The predicted molar refractivity (Wildman–Crippen MR) is 361 cm³/mol. The molecule has 3 amide bonds. The molecule has 3 N–H and O–H groups in total. The molecule has 0 radical (unpaired) electrons. The van der Waals surface area contributed by atoms with Crippen molar-refractivity contribution >= 4 is 45.9 Å². The van der Waals surface area contributed by atoms with Crippen molar-refractivity contribution in [3.63, 3.8) is 0 Å². The molecule has 2 aliphatic carbocycles. The van der Waals surface area contributed by atoms with Gasteiger partial charge in [0.25, 0.3) is 17.7 Å². The second-order valence-corrected chi connectivity index (χ2v) is 24.1. The van der Waals surface area contributed by atoms with Crippen LogP contribution in [0.2, 0.25) is 0 Å². The Bertz CT molecular complexity index is 4600. The highest BCUT2D eigenvalue weighted by atomic mass is 16.5. The minimum absolute atomic E-state index is 0.00579. The van der Waals surface area contributed by atoms with E-state index in [1.807, 2.05) is 69.4 Å². The number of fused-ring (bicyclic) bond motifs is 5. The van der Waals surface area contributed by atoms with Crippen molar-refractivity contribution in [3.05, 3.63) is 133 Å². The standard InChI is InChI=1S/C26H25N5O2.C24H24N6O2.C23H22N6O2/c1-3-24(32)30-20-9-16-5-6-17(10-20)25(16)23-8-7-18(13-28-23)22-11-21(33-4-2)15-31-26(22)19(12-27)14-29-31;1-4-23(31)28-19-8-16(3)13-29(14-19)22-7-6-17(11-26-22)21-9-20(32-5-2)15-30-24(21)18(10-25)12-27-30;1-3-22(30)27-18-6-5-9-28(14-18)21-8-7-16(12-25-21)20-10-19(31-4-2)15-29-23(20)17(11-24)13-26-29/h1,7-8,11,13-17,20,25H,4-6,9-10H2,2H3,(H,30,32);1,6-7,9,11-12,15-16,19H,5,8,13-14H2,2-3H3,(H,28,31);1,7-8,10,12-13,15,18H,4-6,9,14H2,2H3,(H,27,30). The number of anilines is 2. The summed E-state index contributed by atoms with van der Waals surface area (Å²) in [6.07, 6.45) is 38.0. The molecular formula is C73H71N17O6. The van der Waals surface area contributed by atoms with Crippen molar-refractivity contribution in [2.24, 2.45) is 17.8 Å². The van der Waals surface area contributed by atoms with Crippen LogP contribution in [0.3, 0.4) is 0 Å². The number of amides is 3. The fourth-order valence-corrected chi connectivity index (χ4v) is 13.9. The van der Waals surface area contributed by atoms with E-state index < -0.39 is 0 Å². The zero-order chi connectivity index (χ0) is 67.4. The molecule has 11 heterocycles. The Hall–Kier alpha value is -11.9. The van der Waals surface area contributed by atoms with Gasteiger partial charge in [-0.25, -0.2) is 23.5 Å². The van der Waals surface area contributed by atoms with E-state index in [-0.39, 0.29) is 35.8 Å². The first-order chi connectivity index (χ1) is 46.7. The Morgan fingerprint density at radius 2 is 0.938 bits per heavy atom. The van der Waals surface area contributed by atoms with Crippen LogP contribution in [0.25, 0.3) is 49.9 Å². The van der Waals surface area contributed by atoms with E-state index in [4.69, 9.17) is 38.5 Å². The number of hydrogen-bond acceptors (Lipinski definition) is 17. The Morgan fingerprint density at radius 3 is 1.34 bits per heavy atom. The Kier molecular flexibility index (Phi) is 20.3. The monoisotopic (exact) mass is 1280 g/mol. The van der Waals surface area contributed by atoms with Crippen molar-refractivity contribution in [2.75, 3.05) is 55.8 Å². The first-order valence-electron chi connectivity index (χ1n) is 32.1. The van der Waals surface area contributed by atoms with E-state index >= 15 is 0 Å². The van der Waals surface area contributed by atoms with E-state index in [1.54, 1.807) is 63.1 Å². The van der Waals surface area contributed by atoms with Crippen molar-refractivity contribution in [2.45, 2.75) is 96.7 Å². The van der Waals surface area contributed by atoms with E-state index in [1.165, 1.54) is 0 Å². The summed E-state index contributed by atoms with van der Waals surface area (Å²) in [7, 11) is 0. The number of aromatic nitrogens is 9. The van der Waals surface area contributed by atoms with Crippen molar-refractivity contribution in [1.82, 2.24) is 59.7 Å². The van der Waals surface area contributed by atoms with Crippen LogP contribution in [0.15, 0.2) is 110 Å². The summed E-state index contributed by atoms with van der Waals surface area (Å²) in [5, 5.41) is 50.2.